The van der Waals surface area contributed by atoms with Crippen molar-refractivity contribution in [3.8, 4) is 11.4 Å². The van der Waals surface area contributed by atoms with Gasteiger partial charge in [-0.3, -0.25) is 0 Å². The number of halogens is 2. The molecule has 0 radical (unpaired) electrons. The van der Waals surface area contributed by atoms with Gasteiger partial charge in [0, 0.05) is 11.3 Å². The number of tetrazole rings is 1. The van der Waals surface area contributed by atoms with Crippen molar-refractivity contribution in [3.05, 3.63) is 23.8 Å². The zero-order valence-corrected chi connectivity index (χ0v) is 9.14. The number of hydrogen-bond donors (Lipinski definition) is 1. The van der Waals surface area contributed by atoms with Crippen LogP contribution in [-0.4, -0.2) is 26.6 Å². The predicted octanol–water partition coefficient (Wildman–Crippen LogP) is 1.50. The van der Waals surface area contributed by atoms with E-state index in [4.69, 9.17) is 5.73 Å². The summed E-state index contributed by atoms with van der Waals surface area (Å²) in [6, 6.07) is 5.30. The largest absolute Gasteiger partial charge is 0.398 e. The van der Waals surface area contributed by atoms with E-state index in [0.29, 0.717) is 11.3 Å². The van der Waals surface area contributed by atoms with Gasteiger partial charge in [0.05, 0.1) is 0 Å². The van der Waals surface area contributed by atoms with Crippen molar-refractivity contribution in [2.24, 2.45) is 0 Å². The molecule has 1 heterocycles. The first-order chi connectivity index (χ1) is 8.09. The Kier molecular flexibility index (Phi) is 2.99. The van der Waals surface area contributed by atoms with Gasteiger partial charge in [-0.1, -0.05) is 12.1 Å². The molecule has 0 atom stereocenters. The highest BCUT2D eigenvalue weighted by atomic mass is 19.3. The molecule has 2 N–H and O–H groups in total. The minimum absolute atomic E-state index is 0.265. The predicted molar refractivity (Wildman–Crippen MR) is 58.4 cm³/mol. The van der Waals surface area contributed by atoms with Crippen LogP contribution < -0.4 is 5.73 Å². The van der Waals surface area contributed by atoms with Crippen molar-refractivity contribution in [2.45, 2.75) is 19.9 Å². The second-order valence-electron chi connectivity index (χ2n) is 3.61. The number of aromatic nitrogens is 4. The van der Waals surface area contributed by atoms with Gasteiger partial charge in [-0.25, -0.2) is 13.5 Å². The van der Waals surface area contributed by atoms with Crippen LogP contribution in [0, 0.1) is 6.92 Å². The van der Waals surface area contributed by atoms with E-state index in [2.05, 4.69) is 15.5 Å². The maximum absolute atomic E-state index is 12.3. The summed E-state index contributed by atoms with van der Waals surface area (Å²) in [5.74, 6) is 0.265. The minimum Gasteiger partial charge on any atom is -0.398 e. The van der Waals surface area contributed by atoms with E-state index in [1.807, 2.05) is 13.0 Å². The van der Waals surface area contributed by atoms with Crippen LogP contribution in [0.5, 0.6) is 0 Å². The van der Waals surface area contributed by atoms with Crippen molar-refractivity contribution in [3.63, 3.8) is 0 Å². The Bertz CT molecular complexity index is 503. The second kappa shape index (κ2) is 4.44. The Labute approximate surface area is 96.2 Å². The van der Waals surface area contributed by atoms with E-state index in [0.717, 1.165) is 10.2 Å². The van der Waals surface area contributed by atoms with Crippen LogP contribution in [0.25, 0.3) is 11.4 Å². The summed E-state index contributed by atoms with van der Waals surface area (Å²) in [6.07, 6.45) is -2.51. The van der Waals surface area contributed by atoms with E-state index in [1.165, 1.54) is 0 Å². The lowest BCUT2D eigenvalue weighted by Gasteiger charge is -2.09. The van der Waals surface area contributed by atoms with Gasteiger partial charge in [0.1, 0.15) is 6.54 Å². The van der Waals surface area contributed by atoms with Gasteiger partial charge >= 0.3 is 0 Å². The SMILES string of the molecule is Cc1cccc(N)c1-c1nnnn1CC(F)F. The number of rotatable bonds is 3. The molecule has 1 aromatic carbocycles. The molecule has 0 spiro atoms. The molecule has 0 bridgehead atoms. The number of aryl methyl sites for hydroxylation is 1. The third-order valence-electron chi connectivity index (χ3n) is 2.37. The molecule has 5 nitrogen and oxygen atoms in total. The van der Waals surface area contributed by atoms with Gasteiger partial charge in [-0.15, -0.1) is 5.10 Å². The van der Waals surface area contributed by atoms with Crippen LogP contribution >= 0.6 is 0 Å². The molecular weight excluding hydrogens is 228 g/mol. The number of nitrogens with zero attached hydrogens (tertiary/aromatic N) is 4. The smallest absolute Gasteiger partial charge is 0.258 e. The van der Waals surface area contributed by atoms with E-state index in [-0.39, 0.29) is 5.82 Å². The summed E-state index contributed by atoms with van der Waals surface area (Å²) in [4.78, 5) is 0. The molecule has 0 aliphatic carbocycles. The molecule has 2 aromatic rings. The maximum Gasteiger partial charge on any atom is 0.258 e. The first-order valence-corrected chi connectivity index (χ1v) is 4.99. The average Bonchev–Trinajstić information content (AvgIpc) is 2.65. The Morgan fingerprint density at radius 3 is 2.82 bits per heavy atom. The lowest BCUT2D eigenvalue weighted by molar-refractivity contribution is 0.121. The van der Waals surface area contributed by atoms with Gasteiger partial charge in [-0.2, -0.15) is 0 Å². The molecule has 0 aliphatic heterocycles. The summed E-state index contributed by atoms with van der Waals surface area (Å²) in [5.41, 5.74) is 7.72. The molecule has 2 rings (SSSR count). The zero-order chi connectivity index (χ0) is 12.4. The van der Waals surface area contributed by atoms with Crippen LogP contribution in [0.3, 0.4) is 0 Å². The Morgan fingerprint density at radius 1 is 1.41 bits per heavy atom. The van der Waals surface area contributed by atoms with Gasteiger partial charge in [-0.05, 0) is 29.0 Å². The van der Waals surface area contributed by atoms with E-state index < -0.39 is 13.0 Å². The van der Waals surface area contributed by atoms with E-state index >= 15 is 0 Å². The van der Waals surface area contributed by atoms with Crippen LogP contribution in [0.4, 0.5) is 14.5 Å². The number of benzene rings is 1. The van der Waals surface area contributed by atoms with Gasteiger partial charge in [0.15, 0.2) is 5.82 Å². The topological polar surface area (TPSA) is 69.6 Å². The molecule has 1 aromatic heterocycles. The lowest BCUT2D eigenvalue weighted by atomic mass is 10.1. The van der Waals surface area contributed by atoms with E-state index in [1.54, 1.807) is 12.1 Å². The lowest BCUT2D eigenvalue weighted by Crippen LogP contribution is -2.11. The van der Waals surface area contributed by atoms with Gasteiger partial charge in [0.25, 0.3) is 6.43 Å². The fourth-order valence-electron chi connectivity index (χ4n) is 1.63. The van der Waals surface area contributed by atoms with Gasteiger partial charge in [0.2, 0.25) is 0 Å². The maximum atomic E-state index is 12.3. The summed E-state index contributed by atoms with van der Waals surface area (Å²) in [7, 11) is 0. The Balaban J connectivity index is 2.50. The molecular formula is C10H11F2N5. The van der Waals surface area contributed by atoms with Crippen molar-refractivity contribution in [1.29, 1.82) is 0 Å². The molecule has 0 unspecified atom stereocenters. The van der Waals surface area contributed by atoms with Crippen molar-refractivity contribution in [1.82, 2.24) is 20.2 Å². The van der Waals surface area contributed by atoms with Crippen LogP contribution in [0.15, 0.2) is 18.2 Å². The Hall–Kier alpha value is -2.05. The number of alkyl halides is 2. The fraction of sp³-hybridized carbons (Fsp3) is 0.300. The minimum atomic E-state index is -2.51. The monoisotopic (exact) mass is 239 g/mol. The highest BCUT2D eigenvalue weighted by Crippen LogP contribution is 2.27. The molecule has 0 fully saturated rings. The standard InChI is InChI=1S/C10H11F2N5/c1-6-3-2-4-7(13)9(6)10-14-15-16-17(10)5-8(11)12/h2-4,8H,5,13H2,1H3. The molecule has 0 saturated heterocycles. The molecule has 90 valence electrons. The first-order valence-electron chi connectivity index (χ1n) is 4.99. The summed E-state index contributed by atoms with van der Waals surface area (Å²) < 4.78 is 25.8. The third-order valence-corrected chi connectivity index (χ3v) is 2.37. The number of nitrogen functional groups attached to an aromatic ring is 1. The normalized spacial score (nSPS) is 11.1. The molecule has 17 heavy (non-hydrogen) atoms. The van der Waals surface area contributed by atoms with Crippen LogP contribution in [0.1, 0.15) is 5.56 Å². The third kappa shape index (κ3) is 2.22. The van der Waals surface area contributed by atoms with Crippen molar-refractivity contribution >= 4 is 5.69 Å². The molecule has 0 aliphatic rings. The quantitative estimate of drug-likeness (QED) is 0.824. The number of anilines is 1. The fourth-order valence-corrected chi connectivity index (χ4v) is 1.63. The summed E-state index contributed by atoms with van der Waals surface area (Å²) in [5, 5.41) is 10.7. The van der Waals surface area contributed by atoms with Crippen molar-refractivity contribution < 1.29 is 8.78 Å². The highest BCUT2D eigenvalue weighted by molar-refractivity contribution is 5.74. The highest BCUT2D eigenvalue weighted by Gasteiger charge is 2.16. The second-order valence-corrected chi connectivity index (χ2v) is 3.61. The zero-order valence-electron chi connectivity index (χ0n) is 9.14. The van der Waals surface area contributed by atoms with Gasteiger partial charge < -0.3 is 5.73 Å². The van der Waals surface area contributed by atoms with Crippen LogP contribution in [0.2, 0.25) is 0 Å². The average molecular weight is 239 g/mol. The summed E-state index contributed by atoms with van der Waals surface area (Å²) >= 11 is 0. The molecule has 7 heteroatoms. The van der Waals surface area contributed by atoms with Crippen molar-refractivity contribution in [2.75, 3.05) is 5.73 Å². The molecule has 0 saturated carbocycles. The number of hydrogen-bond acceptors (Lipinski definition) is 4. The summed E-state index contributed by atoms with van der Waals surface area (Å²) in [6.45, 7) is 1.28. The first kappa shape index (κ1) is 11.4. The van der Waals surface area contributed by atoms with E-state index in [9.17, 15) is 8.78 Å². The molecule has 0 amide bonds. The van der Waals surface area contributed by atoms with Crippen LogP contribution in [-0.2, 0) is 6.54 Å². The Morgan fingerprint density at radius 2 is 2.18 bits per heavy atom. The number of nitrogens with two attached hydrogens (primary N) is 1.